The van der Waals surface area contributed by atoms with Crippen LogP contribution in [-0.4, -0.2) is 39.6 Å². The zero-order chi connectivity index (χ0) is 22.8. The second-order valence-corrected chi connectivity index (χ2v) is 10.2. The van der Waals surface area contributed by atoms with Crippen molar-refractivity contribution in [2.24, 2.45) is 0 Å². The summed E-state index contributed by atoms with van der Waals surface area (Å²) in [6.45, 7) is 8.42. The first-order valence-corrected chi connectivity index (χ1v) is 13.2. The molecule has 0 N–H and O–H groups in total. The predicted octanol–water partition coefficient (Wildman–Crippen LogP) is 6.34. The van der Waals surface area contributed by atoms with E-state index in [2.05, 4.69) is 18.7 Å². The van der Waals surface area contributed by atoms with E-state index in [4.69, 9.17) is 4.74 Å². The van der Waals surface area contributed by atoms with E-state index in [9.17, 15) is 8.42 Å². The SMILES string of the molecule is CCCCN(CCCC)CCCOc1ccc(S(=O)(=O)c2ccc3ccccc3c2)cc1. The first kappa shape index (κ1) is 24.3. The highest BCUT2D eigenvalue weighted by Gasteiger charge is 2.18. The number of unbranched alkanes of at least 4 members (excludes halogenated alkanes) is 2. The third-order valence-electron chi connectivity index (χ3n) is 5.71. The zero-order valence-corrected chi connectivity index (χ0v) is 20.1. The molecule has 0 aliphatic heterocycles. The highest BCUT2D eigenvalue weighted by molar-refractivity contribution is 7.91. The minimum Gasteiger partial charge on any atom is -0.494 e. The summed E-state index contributed by atoms with van der Waals surface area (Å²) in [5.41, 5.74) is 0. The van der Waals surface area contributed by atoms with Crippen LogP contribution in [0.2, 0.25) is 0 Å². The van der Waals surface area contributed by atoms with E-state index in [0.717, 1.165) is 36.8 Å². The minimum absolute atomic E-state index is 0.283. The molecule has 3 aromatic rings. The van der Waals surface area contributed by atoms with Gasteiger partial charge in [-0.3, -0.25) is 0 Å². The van der Waals surface area contributed by atoms with Crippen LogP contribution >= 0.6 is 0 Å². The third kappa shape index (κ3) is 6.57. The van der Waals surface area contributed by atoms with E-state index in [1.165, 1.54) is 25.7 Å². The Bertz CT molecular complexity index is 1070. The van der Waals surface area contributed by atoms with Gasteiger partial charge in [0.25, 0.3) is 0 Å². The molecule has 5 heteroatoms. The van der Waals surface area contributed by atoms with Crippen molar-refractivity contribution < 1.29 is 13.2 Å². The van der Waals surface area contributed by atoms with Crippen LogP contribution in [-0.2, 0) is 9.84 Å². The van der Waals surface area contributed by atoms with Gasteiger partial charge in [-0.15, -0.1) is 0 Å². The average Bonchev–Trinajstić information content (AvgIpc) is 2.83. The molecular weight excluding hydrogens is 418 g/mol. The van der Waals surface area contributed by atoms with Crippen molar-refractivity contribution in [1.82, 2.24) is 4.90 Å². The number of ether oxygens (including phenoxy) is 1. The van der Waals surface area contributed by atoms with Crippen LogP contribution in [0.4, 0.5) is 0 Å². The van der Waals surface area contributed by atoms with Crippen LogP contribution in [0.5, 0.6) is 5.75 Å². The van der Waals surface area contributed by atoms with Gasteiger partial charge in [0.1, 0.15) is 5.75 Å². The Balaban J connectivity index is 1.56. The summed E-state index contributed by atoms with van der Waals surface area (Å²) in [6, 6.07) is 19.8. The minimum atomic E-state index is -3.56. The van der Waals surface area contributed by atoms with E-state index in [-0.39, 0.29) is 4.90 Å². The number of benzene rings is 3. The Morgan fingerprint density at radius 3 is 1.97 bits per heavy atom. The number of nitrogens with zero attached hydrogens (tertiary/aromatic N) is 1. The third-order valence-corrected chi connectivity index (χ3v) is 7.48. The van der Waals surface area contributed by atoms with Gasteiger partial charge in [-0.2, -0.15) is 0 Å². The summed E-state index contributed by atoms with van der Waals surface area (Å²) < 4.78 is 32.0. The van der Waals surface area contributed by atoms with E-state index in [1.807, 2.05) is 30.3 Å². The van der Waals surface area contributed by atoms with Crippen LogP contribution in [0, 0.1) is 0 Å². The summed E-state index contributed by atoms with van der Waals surface area (Å²) in [6.07, 6.45) is 5.86. The fourth-order valence-electron chi connectivity index (χ4n) is 3.76. The smallest absolute Gasteiger partial charge is 0.206 e. The van der Waals surface area contributed by atoms with Crippen molar-refractivity contribution in [3.63, 3.8) is 0 Å². The second kappa shape index (κ2) is 12.0. The Morgan fingerprint density at radius 1 is 0.719 bits per heavy atom. The summed E-state index contributed by atoms with van der Waals surface area (Å²) in [5.74, 6) is 0.705. The molecule has 0 spiro atoms. The first-order valence-electron chi connectivity index (χ1n) is 11.7. The molecule has 0 aliphatic rings. The quantitative estimate of drug-likeness (QED) is 0.283. The highest BCUT2D eigenvalue weighted by Crippen LogP contribution is 2.26. The van der Waals surface area contributed by atoms with Gasteiger partial charge in [-0.25, -0.2) is 8.42 Å². The lowest BCUT2D eigenvalue weighted by molar-refractivity contribution is 0.229. The van der Waals surface area contributed by atoms with Crippen molar-refractivity contribution in [1.29, 1.82) is 0 Å². The van der Waals surface area contributed by atoms with Gasteiger partial charge in [-0.05, 0) is 79.5 Å². The van der Waals surface area contributed by atoms with Gasteiger partial charge in [0.2, 0.25) is 9.84 Å². The lowest BCUT2D eigenvalue weighted by Crippen LogP contribution is -2.28. The first-order chi connectivity index (χ1) is 15.5. The largest absolute Gasteiger partial charge is 0.494 e. The number of fused-ring (bicyclic) bond motifs is 1. The van der Waals surface area contributed by atoms with E-state index in [1.54, 1.807) is 36.4 Å². The van der Waals surface area contributed by atoms with Crippen LogP contribution in [0.25, 0.3) is 10.8 Å². The van der Waals surface area contributed by atoms with Gasteiger partial charge in [0.15, 0.2) is 0 Å². The fourth-order valence-corrected chi connectivity index (χ4v) is 5.06. The maximum atomic E-state index is 13.1. The molecular formula is C27H35NO3S. The van der Waals surface area contributed by atoms with Gasteiger partial charge in [-0.1, -0.05) is 57.0 Å². The van der Waals surface area contributed by atoms with Crippen molar-refractivity contribution in [3.8, 4) is 5.75 Å². The predicted molar refractivity (Wildman–Crippen MR) is 132 cm³/mol. The summed E-state index contributed by atoms with van der Waals surface area (Å²) in [4.78, 5) is 3.12. The Morgan fingerprint density at radius 2 is 1.31 bits per heavy atom. The second-order valence-electron chi connectivity index (χ2n) is 8.23. The van der Waals surface area contributed by atoms with Crippen molar-refractivity contribution in [3.05, 3.63) is 66.7 Å². The van der Waals surface area contributed by atoms with Gasteiger partial charge < -0.3 is 9.64 Å². The molecule has 0 aliphatic carbocycles. The standard InChI is InChI=1S/C27H35NO3S/c1-3-5-18-28(19-6-4-2)20-9-21-31-25-13-16-26(17-14-25)32(29,30)27-15-12-23-10-7-8-11-24(23)22-27/h7-8,10-17,22H,3-6,9,18-21H2,1-2H3. The topological polar surface area (TPSA) is 46.6 Å². The number of hydrogen-bond acceptors (Lipinski definition) is 4. The molecule has 0 radical (unpaired) electrons. The maximum absolute atomic E-state index is 13.1. The Kier molecular flexibility index (Phi) is 9.12. The average molecular weight is 454 g/mol. The zero-order valence-electron chi connectivity index (χ0n) is 19.3. The van der Waals surface area contributed by atoms with E-state index >= 15 is 0 Å². The molecule has 0 heterocycles. The van der Waals surface area contributed by atoms with Crippen molar-refractivity contribution in [2.75, 3.05) is 26.2 Å². The van der Waals surface area contributed by atoms with Crippen LogP contribution in [0.15, 0.2) is 76.5 Å². The molecule has 3 aromatic carbocycles. The van der Waals surface area contributed by atoms with Gasteiger partial charge in [0.05, 0.1) is 16.4 Å². The number of sulfone groups is 1. The van der Waals surface area contributed by atoms with Crippen LogP contribution in [0.3, 0.4) is 0 Å². The fraction of sp³-hybridized carbons (Fsp3) is 0.407. The molecule has 0 saturated heterocycles. The molecule has 0 unspecified atom stereocenters. The molecule has 0 atom stereocenters. The Labute approximate surface area is 193 Å². The molecule has 3 rings (SSSR count). The maximum Gasteiger partial charge on any atom is 0.206 e. The highest BCUT2D eigenvalue weighted by atomic mass is 32.2. The normalized spacial score (nSPS) is 11.8. The molecule has 0 amide bonds. The Hall–Kier alpha value is -2.37. The molecule has 172 valence electrons. The van der Waals surface area contributed by atoms with Gasteiger partial charge in [0, 0.05) is 6.54 Å². The van der Waals surface area contributed by atoms with E-state index in [0.29, 0.717) is 17.3 Å². The molecule has 0 aromatic heterocycles. The summed E-state index contributed by atoms with van der Waals surface area (Å²) in [7, 11) is -3.56. The monoisotopic (exact) mass is 453 g/mol. The number of hydrogen-bond donors (Lipinski definition) is 0. The molecule has 0 bridgehead atoms. The summed E-state index contributed by atoms with van der Waals surface area (Å²) in [5, 5.41) is 1.94. The lowest BCUT2D eigenvalue weighted by atomic mass is 10.1. The van der Waals surface area contributed by atoms with E-state index < -0.39 is 9.84 Å². The van der Waals surface area contributed by atoms with Crippen molar-refractivity contribution in [2.45, 2.75) is 55.7 Å². The molecule has 32 heavy (non-hydrogen) atoms. The van der Waals surface area contributed by atoms with Gasteiger partial charge >= 0.3 is 0 Å². The summed E-state index contributed by atoms with van der Waals surface area (Å²) >= 11 is 0. The van der Waals surface area contributed by atoms with Crippen LogP contribution in [0.1, 0.15) is 46.0 Å². The molecule has 0 saturated carbocycles. The molecule has 4 nitrogen and oxygen atoms in total. The lowest BCUT2D eigenvalue weighted by Gasteiger charge is -2.21. The van der Waals surface area contributed by atoms with Crippen LogP contribution < -0.4 is 4.74 Å². The number of rotatable bonds is 13. The van der Waals surface area contributed by atoms with Crippen molar-refractivity contribution >= 4 is 20.6 Å². The molecule has 0 fully saturated rings.